The molecule has 1 aromatic heterocycles. The fraction of sp³-hybridized carbons (Fsp3) is 0.125. The molecule has 15 heavy (non-hydrogen) atoms. The van der Waals surface area contributed by atoms with Crippen LogP contribution in [-0.2, 0) is 6.54 Å². The molecule has 78 valence electrons. The Morgan fingerprint density at radius 1 is 1.47 bits per heavy atom. The number of hydrogen-bond acceptors (Lipinski definition) is 4. The van der Waals surface area contributed by atoms with E-state index in [-0.39, 0.29) is 6.54 Å². The summed E-state index contributed by atoms with van der Waals surface area (Å²) >= 11 is 9.22. The van der Waals surface area contributed by atoms with Crippen LogP contribution in [0.1, 0.15) is 5.82 Å². The fourth-order valence-corrected chi connectivity index (χ4v) is 1.63. The van der Waals surface area contributed by atoms with Gasteiger partial charge in [0.1, 0.15) is 0 Å². The molecule has 0 unspecified atom stereocenters. The van der Waals surface area contributed by atoms with E-state index in [1.807, 2.05) is 12.1 Å². The molecule has 0 radical (unpaired) electrons. The van der Waals surface area contributed by atoms with Crippen LogP contribution in [0.15, 0.2) is 22.7 Å². The van der Waals surface area contributed by atoms with Gasteiger partial charge in [-0.15, -0.1) is 5.10 Å². The molecule has 5 nitrogen and oxygen atoms in total. The van der Waals surface area contributed by atoms with E-state index in [2.05, 4.69) is 31.5 Å². The molecule has 0 aliphatic carbocycles. The smallest absolute Gasteiger partial charge is 0.170 e. The zero-order chi connectivity index (χ0) is 10.8. The van der Waals surface area contributed by atoms with Crippen LogP contribution in [0.5, 0.6) is 0 Å². The Hall–Kier alpha value is -0.980. The van der Waals surface area contributed by atoms with Gasteiger partial charge in [-0.1, -0.05) is 11.6 Å². The maximum atomic E-state index is 5.88. The normalized spacial score (nSPS) is 10.6. The van der Waals surface area contributed by atoms with Gasteiger partial charge in [0.05, 0.1) is 17.3 Å². The number of aromatic nitrogens is 4. The number of benzene rings is 1. The molecule has 1 heterocycles. The van der Waals surface area contributed by atoms with Crippen molar-refractivity contribution in [2.75, 3.05) is 0 Å². The first-order chi connectivity index (χ1) is 7.22. The van der Waals surface area contributed by atoms with Crippen LogP contribution in [0.3, 0.4) is 0 Å². The van der Waals surface area contributed by atoms with E-state index in [1.165, 1.54) is 0 Å². The van der Waals surface area contributed by atoms with Gasteiger partial charge >= 0.3 is 0 Å². The molecular weight excluding hydrogens is 281 g/mol. The number of halogens is 2. The van der Waals surface area contributed by atoms with Gasteiger partial charge in [-0.2, -0.15) is 4.68 Å². The van der Waals surface area contributed by atoms with E-state index in [1.54, 1.807) is 10.7 Å². The standard InChI is InChI=1S/C8H7BrClN5/c9-6-3-5(1-2-7(6)10)15-8(4-11)12-13-14-15/h1-3H,4,11H2. The average molecular weight is 289 g/mol. The first-order valence-electron chi connectivity index (χ1n) is 4.15. The fourth-order valence-electron chi connectivity index (χ4n) is 1.15. The topological polar surface area (TPSA) is 69.6 Å². The molecule has 0 atom stereocenters. The maximum Gasteiger partial charge on any atom is 0.170 e. The van der Waals surface area contributed by atoms with Crippen LogP contribution in [0, 0.1) is 0 Å². The van der Waals surface area contributed by atoms with Gasteiger partial charge in [-0.05, 0) is 44.6 Å². The third kappa shape index (κ3) is 2.01. The van der Waals surface area contributed by atoms with Crippen molar-refractivity contribution in [2.24, 2.45) is 5.73 Å². The minimum absolute atomic E-state index is 0.285. The lowest BCUT2D eigenvalue weighted by Crippen LogP contribution is -2.07. The summed E-state index contributed by atoms with van der Waals surface area (Å²) in [4.78, 5) is 0. The van der Waals surface area contributed by atoms with Crippen molar-refractivity contribution in [2.45, 2.75) is 6.54 Å². The van der Waals surface area contributed by atoms with E-state index < -0.39 is 0 Å². The minimum Gasteiger partial charge on any atom is -0.324 e. The Morgan fingerprint density at radius 2 is 2.27 bits per heavy atom. The van der Waals surface area contributed by atoms with Gasteiger partial charge in [0, 0.05) is 4.47 Å². The highest BCUT2D eigenvalue weighted by Gasteiger charge is 2.07. The van der Waals surface area contributed by atoms with Crippen LogP contribution < -0.4 is 5.73 Å². The van der Waals surface area contributed by atoms with Gasteiger partial charge < -0.3 is 5.73 Å². The van der Waals surface area contributed by atoms with Crippen LogP contribution in [-0.4, -0.2) is 20.2 Å². The van der Waals surface area contributed by atoms with Crippen molar-refractivity contribution in [3.63, 3.8) is 0 Å². The summed E-state index contributed by atoms with van der Waals surface area (Å²) in [5.41, 5.74) is 6.32. The highest BCUT2D eigenvalue weighted by Crippen LogP contribution is 2.24. The molecule has 1 aromatic carbocycles. The van der Waals surface area contributed by atoms with E-state index in [0.717, 1.165) is 10.2 Å². The van der Waals surface area contributed by atoms with Crippen LogP contribution in [0.4, 0.5) is 0 Å². The molecule has 2 aromatic rings. The monoisotopic (exact) mass is 287 g/mol. The van der Waals surface area contributed by atoms with E-state index in [9.17, 15) is 0 Å². The SMILES string of the molecule is NCc1nnnn1-c1ccc(Cl)c(Br)c1. The molecule has 0 saturated heterocycles. The van der Waals surface area contributed by atoms with Crippen LogP contribution in [0.25, 0.3) is 5.69 Å². The highest BCUT2D eigenvalue weighted by molar-refractivity contribution is 9.10. The second kappa shape index (κ2) is 4.26. The van der Waals surface area contributed by atoms with Crippen molar-refractivity contribution in [1.29, 1.82) is 0 Å². The second-order valence-electron chi connectivity index (χ2n) is 2.81. The average Bonchev–Trinajstić information content (AvgIpc) is 2.70. The number of hydrogen-bond donors (Lipinski definition) is 1. The van der Waals surface area contributed by atoms with E-state index in [4.69, 9.17) is 17.3 Å². The zero-order valence-electron chi connectivity index (χ0n) is 7.56. The van der Waals surface area contributed by atoms with Gasteiger partial charge in [0.15, 0.2) is 5.82 Å². The van der Waals surface area contributed by atoms with Gasteiger partial charge in [0.25, 0.3) is 0 Å². The lowest BCUT2D eigenvalue weighted by molar-refractivity contribution is 0.761. The van der Waals surface area contributed by atoms with Crippen molar-refractivity contribution in [3.05, 3.63) is 33.5 Å². The predicted octanol–water partition coefficient (Wildman–Crippen LogP) is 1.54. The van der Waals surface area contributed by atoms with Crippen molar-refractivity contribution < 1.29 is 0 Å². The van der Waals surface area contributed by atoms with Gasteiger partial charge in [-0.3, -0.25) is 0 Å². The third-order valence-corrected chi connectivity index (χ3v) is 3.08. The molecular formula is C8H7BrClN5. The summed E-state index contributed by atoms with van der Waals surface area (Å²) in [7, 11) is 0. The Labute approximate surface area is 99.3 Å². The Bertz CT molecular complexity index is 484. The minimum atomic E-state index is 0.285. The molecule has 0 spiro atoms. The largest absolute Gasteiger partial charge is 0.324 e. The first kappa shape index (κ1) is 10.5. The first-order valence-corrected chi connectivity index (χ1v) is 5.32. The van der Waals surface area contributed by atoms with Gasteiger partial charge in [-0.25, -0.2) is 0 Å². The van der Waals surface area contributed by atoms with E-state index in [0.29, 0.717) is 10.8 Å². The second-order valence-corrected chi connectivity index (χ2v) is 4.07. The predicted molar refractivity (Wildman–Crippen MR) is 59.8 cm³/mol. The molecule has 0 aliphatic heterocycles. The third-order valence-electron chi connectivity index (χ3n) is 1.86. The van der Waals surface area contributed by atoms with Crippen molar-refractivity contribution in [3.8, 4) is 5.69 Å². The number of nitrogens with zero attached hydrogens (tertiary/aromatic N) is 4. The summed E-state index contributed by atoms with van der Waals surface area (Å²) < 4.78 is 2.36. The molecule has 0 aliphatic rings. The molecule has 2 rings (SSSR count). The molecule has 2 N–H and O–H groups in total. The summed E-state index contributed by atoms with van der Waals surface area (Å²) in [5.74, 6) is 0.601. The van der Waals surface area contributed by atoms with Crippen LogP contribution >= 0.6 is 27.5 Å². The van der Waals surface area contributed by atoms with Crippen molar-refractivity contribution in [1.82, 2.24) is 20.2 Å². The molecule has 0 fully saturated rings. The number of tetrazole rings is 1. The summed E-state index contributed by atoms with van der Waals surface area (Å²) in [6.45, 7) is 0.285. The van der Waals surface area contributed by atoms with Gasteiger partial charge in [0.2, 0.25) is 0 Å². The quantitative estimate of drug-likeness (QED) is 0.910. The number of nitrogens with two attached hydrogens (primary N) is 1. The molecule has 7 heteroatoms. The Morgan fingerprint density at radius 3 is 2.93 bits per heavy atom. The van der Waals surface area contributed by atoms with Crippen molar-refractivity contribution >= 4 is 27.5 Å². The summed E-state index contributed by atoms with van der Waals surface area (Å²) in [6, 6.07) is 5.42. The lowest BCUT2D eigenvalue weighted by Gasteiger charge is -2.04. The maximum absolute atomic E-state index is 5.88. The number of rotatable bonds is 2. The molecule has 0 saturated carbocycles. The Balaban J connectivity index is 2.50. The van der Waals surface area contributed by atoms with Crippen LogP contribution in [0.2, 0.25) is 5.02 Å². The molecule has 0 amide bonds. The highest BCUT2D eigenvalue weighted by atomic mass is 79.9. The molecule has 0 bridgehead atoms. The summed E-state index contributed by atoms with van der Waals surface area (Å²) in [6.07, 6.45) is 0. The Kier molecular flexibility index (Phi) is 2.99. The lowest BCUT2D eigenvalue weighted by atomic mass is 10.3. The van der Waals surface area contributed by atoms with E-state index >= 15 is 0 Å². The summed E-state index contributed by atoms with van der Waals surface area (Å²) in [5, 5.41) is 11.8. The zero-order valence-corrected chi connectivity index (χ0v) is 9.90.